The molecule has 1 aromatic carbocycles. The minimum Gasteiger partial charge on any atom is -0.462 e. The van der Waals surface area contributed by atoms with Crippen molar-refractivity contribution < 1.29 is 9.53 Å². The van der Waals surface area contributed by atoms with E-state index >= 15 is 0 Å². The SMILES string of the molecule is CCOC(=O)c1cc(SCC)ccc1C#N. The smallest absolute Gasteiger partial charge is 0.339 e. The van der Waals surface area contributed by atoms with E-state index in [1.165, 1.54) is 0 Å². The number of carbonyl (C=O) groups excluding carboxylic acids is 1. The summed E-state index contributed by atoms with van der Waals surface area (Å²) < 4.78 is 4.90. The van der Waals surface area contributed by atoms with E-state index in [1.807, 2.05) is 19.1 Å². The first-order valence-electron chi connectivity index (χ1n) is 5.07. The van der Waals surface area contributed by atoms with E-state index in [2.05, 4.69) is 0 Å². The molecule has 3 nitrogen and oxygen atoms in total. The van der Waals surface area contributed by atoms with Crippen LogP contribution in [0, 0.1) is 11.3 Å². The summed E-state index contributed by atoms with van der Waals surface area (Å²) >= 11 is 1.63. The van der Waals surface area contributed by atoms with Crippen molar-refractivity contribution in [1.29, 1.82) is 5.26 Å². The summed E-state index contributed by atoms with van der Waals surface area (Å²) in [5, 5.41) is 8.89. The lowest BCUT2D eigenvalue weighted by molar-refractivity contribution is 0.0525. The average Bonchev–Trinajstić information content (AvgIpc) is 2.30. The van der Waals surface area contributed by atoms with E-state index in [4.69, 9.17) is 10.00 Å². The predicted octanol–water partition coefficient (Wildman–Crippen LogP) is 2.85. The first-order chi connectivity index (χ1) is 7.72. The third-order valence-electron chi connectivity index (χ3n) is 1.92. The third-order valence-corrected chi connectivity index (χ3v) is 2.79. The second-order valence-electron chi connectivity index (χ2n) is 2.97. The van der Waals surface area contributed by atoms with Gasteiger partial charge in [-0.3, -0.25) is 0 Å². The highest BCUT2D eigenvalue weighted by Crippen LogP contribution is 2.21. The summed E-state index contributed by atoms with van der Waals surface area (Å²) in [5.41, 5.74) is 0.710. The van der Waals surface area contributed by atoms with Crippen LogP contribution in [0.3, 0.4) is 0 Å². The summed E-state index contributed by atoms with van der Waals surface area (Å²) in [5.74, 6) is 0.492. The Kier molecular flexibility index (Phi) is 4.87. The molecule has 0 bridgehead atoms. The van der Waals surface area contributed by atoms with Crippen LogP contribution in [-0.4, -0.2) is 18.3 Å². The Balaban J connectivity index is 3.07. The number of esters is 1. The minimum atomic E-state index is -0.433. The van der Waals surface area contributed by atoms with Crippen LogP contribution in [0.25, 0.3) is 0 Å². The molecule has 0 saturated heterocycles. The summed E-state index contributed by atoms with van der Waals surface area (Å²) in [6.45, 7) is 4.09. The third kappa shape index (κ3) is 3.01. The number of benzene rings is 1. The standard InChI is InChI=1S/C12H13NO2S/c1-3-15-12(14)11-7-10(16-4-2)6-5-9(11)8-13/h5-7H,3-4H2,1-2H3. The van der Waals surface area contributed by atoms with Gasteiger partial charge in [-0.1, -0.05) is 6.92 Å². The van der Waals surface area contributed by atoms with Crippen molar-refractivity contribution in [3.8, 4) is 6.07 Å². The van der Waals surface area contributed by atoms with Gasteiger partial charge in [0.1, 0.15) is 6.07 Å². The van der Waals surface area contributed by atoms with E-state index in [9.17, 15) is 4.79 Å². The predicted molar refractivity (Wildman–Crippen MR) is 63.5 cm³/mol. The number of carbonyl (C=O) groups is 1. The van der Waals surface area contributed by atoms with Crippen LogP contribution in [0.5, 0.6) is 0 Å². The monoisotopic (exact) mass is 235 g/mol. The number of ether oxygens (including phenoxy) is 1. The second kappa shape index (κ2) is 6.19. The molecule has 0 aromatic heterocycles. The number of hydrogen-bond donors (Lipinski definition) is 0. The van der Waals surface area contributed by atoms with Crippen molar-refractivity contribution >= 4 is 17.7 Å². The fourth-order valence-corrected chi connectivity index (χ4v) is 1.95. The van der Waals surface area contributed by atoms with Crippen molar-refractivity contribution in [3.05, 3.63) is 29.3 Å². The molecule has 16 heavy (non-hydrogen) atoms. The summed E-state index contributed by atoms with van der Waals surface area (Å²) in [6.07, 6.45) is 0. The van der Waals surface area contributed by atoms with Crippen LogP contribution in [0.1, 0.15) is 29.8 Å². The topological polar surface area (TPSA) is 50.1 Å². The Morgan fingerprint density at radius 1 is 1.50 bits per heavy atom. The molecule has 0 atom stereocenters. The molecule has 0 heterocycles. The lowest BCUT2D eigenvalue weighted by Crippen LogP contribution is -2.07. The van der Waals surface area contributed by atoms with Crippen molar-refractivity contribution in [2.45, 2.75) is 18.7 Å². The van der Waals surface area contributed by atoms with Crippen LogP contribution >= 0.6 is 11.8 Å². The molecule has 0 radical (unpaired) electrons. The molecule has 84 valence electrons. The van der Waals surface area contributed by atoms with Gasteiger partial charge in [-0.25, -0.2) is 4.79 Å². The van der Waals surface area contributed by atoms with Gasteiger partial charge in [-0.15, -0.1) is 11.8 Å². The van der Waals surface area contributed by atoms with E-state index in [0.717, 1.165) is 10.6 Å². The van der Waals surface area contributed by atoms with Crippen LogP contribution in [0.2, 0.25) is 0 Å². The Morgan fingerprint density at radius 2 is 2.25 bits per heavy atom. The van der Waals surface area contributed by atoms with Crippen LogP contribution < -0.4 is 0 Å². The molecular weight excluding hydrogens is 222 g/mol. The van der Waals surface area contributed by atoms with Gasteiger partial charge >= 0.3 is 5.97 Å². The quantitative estimate of drug-likeness (QED) is 0.594. The molecule has 0 aliphatic heterocycles. The Labute approximate surface area is 99.4 Å². The van der Waals surface area contributed by atoms with Gasteiger partial charge in [0.05, 0.1) is 17.7 Å². The number of rotatable bonds is 4. The zero-order valence-electron chi connectivity index (χ0n) is 9.32. The summed E-state index contributed by atoms with van der Waals surface area (Å²) in [7, 11) is 0. The fraction of sp³-hybridized carbons (Fsp3) is 0.333. The number of hydrogen-bond acceptors (Lipinski definition) is 4. The molecule has 0 N–H and O–H groups in total. The lowest BCUT2D eigenvalue weighted by atomic mass is 10.1. The van der Waals surface area contributed by atoms with Crippen molar-refractivity contribution in [3.63, 3.8) is 0 Å². The maximum Gasteiger partial charge on any atom is 0.339 e. The molecule has 0 saturated carbocycles. The zero-order chi connectivity index (χ0) is 12.0. The molecule has 1 aromatic rings. The molecule has 0 spiro atoms. The maximum atomic E-state index is 11.6. The maximum absolute atomic E-state index is 11.6. The number of nitriles is 1. The summed E-state index contributed by atoms with van der Waals surface area (Å²) in [6, 6.07) is 7.21. The Bertz CT molecular complexity index is 424. The molecular formula is C12H13NO2S. The molecule has 4 heteroatoms. The molecule has 1 rings (SSSR count). The van der Waals surface area contributed by atoms with Crippen LogP contribution in [0.15, 0.2) is 23.1 Å². The Morgan fingerprint density at radius 3 is 2.81 bits per heavy atom. The van der Waals surface area contributed by atoms with E-state index in [-0.39, 0.29) is 0 Å². The molecule has 0 amide bonds. The van der Waals surface area contributed by atoms with Gasteiger partial charge in [0.15, 0.2) is 0 Å². The van der Waals surface area contributed by atoms with Crippen molar-refractivity contribution in [2.75, 3.05) is 12.4 Å². The molecule has 0 fully saturated rings. The normalized spacial score (nSPS) is 9.56. The largest absolute Gasteiger partial charge is 0.462 e. The zero-order valence-corrected chi connectivity index (χ0v) is 10.1. The van der Waals surface area contributed by atoms with Crippen molar-refractivity contribution in [2.24, 2.45) is 0 Å². The highest BCUT2D eigenvalue weighted by Gasteiger charge is 2.13. The Hall–Kier alpha value is -1.47. The average molecular weight is 235 g/mol. The second-order valence-corrected chi connectivity index (χ2v) is 4.31. The number of nitrogens with zero attached hydrogens (tertiary/aromatic N) is 1. The molecule has 0 unspecified atom stereocenters. The van der Waals surface area contributed by atoms with Gasteiger partial charge < -0.3 is 4.74 Å². The van der Waals surface area contributed by atoms with Gasteiger partial charge in [0, 0.05) is 4.90 Å². The van der Waals surface area contributed by atoms with E-state index in [1.54, 1.807) is 30.8 Å². The molecule has 0 aliphatic rings. The molecule has 0 aliphatic carbocycles. The van der Waals surface area contributed by atoms with Crippen LogP contribution in [0.4, 0.5) is 0 Å². The van der Waals surface area contributed by atoms with E-state index < -0.39 is 5.97 Å². The van der Waals surface area contributed by atoms with Crippen LogP contribution in [-0.2, 0) is 4.74 Å². The fourth-order valence-electron chi connectivity index (χ4n) is 1.26. The van der Waals surface area contributed by atoms with Gasteiger partial charge in [-0.2, -0.15) is 5.26 Å². The highest BCUT2D eigenvalue weighted by molar-refractivity contribution is 7.99. The van der Waals surface area contributed by atoms with E-state index in [0.29, 0.717) is 17.7 Å². The minimum absolute atomic E-state index is 0.314. The highest BCUT2D eigenvalue weighted by atomic mass is 32.2. The van der Waals surface area contributed by atoms with Gasteiger partial charge in [0.25, 0.3) is 0 Å². The van der Waals surface area contributed by atoms with Crippen molar-refractivity contribution in [1.82, 2.24) is 0 Å². The first kappa shape index (κ1) is 12.6. The number of thioether (sulfide) groups is 1. The summed E-state index contributed by atoms with van der Waals surface area (Å²) in [4.78, 5) is 12.6. The lowest BCUT2D eigenvalue weighted by Gasteiger charge is -2.05. The first-order valence-corrected chi connectivity index (χ1v) is 6.05. The van der Waals surface area contributed by atoms with Gasteiger partial charge in [-0.05, 0) is 30.9 Å². The van der Waals surface area contributed by atoms with Gasteiger partial charge in [0.2, 0.25) is 0 Å².